The van der Waals surface area contributed by atoms with E-state index in [-0.39, 0.29) is 0 Å². The van der Waals surface area contributed by atoms with Crippen LogP contribution in [0.5, 0.6) is 0 Å². The molecule has 3 heteroatoms. The number of hydrogen-bond acceptors (Lipinski definition) is 2. The maximum absolute atomic E-state index is 4.94. The van der Waals surface area contributed by atoms with Crippen molar-refractivity contribution >= 4 is 10.9 Å². The molecule has 0 spiro atoms. The van der Waals surface area contributed by atoms with Gasteiger partial charge in [0.15, 0.2) is 0 Å². The molecule has 0 atom stereocenters. The van der Waals surface area contributed by atoms with E-state index in [9.17, 15) is 0 Å². The molecule has 1 heterocycles. The van der Waals surface area contributed by atoms with Crippen LogP contribution in [-0.2, 0) is 0 Å². The molecule has 0 bridgehead atoms. The maximum atomic E-state index is 4.94. The Morgan fingerprint density at radius 3 is 3.09 bits per heavy atom. The molecule has 1 aromatic carbocycles. The van der Waals surface area contributed by atoms with Crippen molar-refractivity contribution in [2.24, 2.45) is 0 Å². The highest BCUT2D eigenvalue weighted by Gasteiger charge is 1.99. The molecule has 0 fully saturated rings. The van der Waals surface area contributed by atoms with Crippen LogP contribution in [0.4, 0.5) is 0 Å². The Morgan fingerprint density at radius 2 is 2.27 bits per heavy atom. The van der Waals surface area contributed by atoms with Crippen LogP contribution >= 0.6 is 0 Å². The van der Waals surface area contributed by atoms with Crippen LogP contribution in [0.25, 0.3) is 10.9 Å². The quantitative estimate of drug-likeness (QED) is 0.599. The first kappa shape index (κ1) is 6.22. The lowest BCUT2D eigenvalue weighted by molar-refractivity contribution is 0.145. The van der Waals surface area contributed by atoms with E-state index in [2.05, 4.69) is 11.3 Å². The highest BCUT2D eigenvalue weighted by Crippen LogP contribution is 2.09. The Balaban J connectivity index is 2.76. The predicted octanol–water partition coefficient (Wildman–Crippen LogP) is 0.895. The summed E-state index contributed by atoms with van der Waals surface area (Å²) in [6, 6.07) is 7.76. The summed E-state index contributed by atoms with van der Waals surface area (Å²) in [4.78, 5) is 6.38. The van der Waals surface area contributed by atoms with E-state index in [1.807, 2.05) is 24.3 Å². The first-order valence-corrected chi connectivity index (χ1v) is 3.32. The number of rotatable bonds is 1. The van der Waals surface area contributed by atoms with Gasteiger partial charge in [-0.15, -0.1) is 5.10 Å². The summed E-state index contributed by atoms with van der Waals surface area (Å²) in [6.45, 7) is 0. The molecule has 0 amide bonds. The standard InChI is InChI=1S/C8H7N2O/c1-11-10-8-5-3-2-4-7(8)6-9-10/h2-5H,1H3. The lowest BCUT2D eigenvalue weighted by Crippen LogP contribution is -2.06. The van der Waals surface area contributed by atoms with Gasteiger partial charge in [-0.25, -0.2) is 0 Å². The number of fused-ring (bicyclic) bond motifs is 1. The topological polar surface area (TPSA) is 27.1 Å². The zero-order chi connectivity index (χ0) is 7.68. The lowest BCUT2D eigenvalue weighted by atomic mass is 10.3. The van der Waals surface area contributed by atoms with E-state index in [0.717, 1.165) is 10.9 Å². The van der Waals surface area contributed by atoms with E-state index in [1.54, 1.807) is 7.11 Å². The van der Waals surface area contributed by atoms with Gasteiger partial charge >= 0.3 is 0 Å². The molecular formula is C8H7N2O. The van der Waals surface area contributed by atoms with Crippen LogP contribution < -0.4 is 4.84 Å². The summed E-state index contributed by atoms with van der Waals surface area (Å²) in [5, 5.41) is 4.85. The molecule has 2 rings (SSSR count). The fourth-order valence-electron chi connectivity index (χ4n) is 1.03. The van der Waals surface area contributed by atoms with Crippen molar-refractivity contribution in [3.63, 3.8) is 0 Å². The predicted molar refractivity (Wildman–Crippen MR) is 41.1 cm³/mol. The van der Waals surface area contributed by atoms with Crippen LogP contribution in [-0.4, -0.2) is 17.1 Å². The molecule has 55 valence electrons. The summed E-state index contributed by atoms with van der Waals surface area (Å²) < 4.78 is 0. The molecule has 2 aromatic rings. The monoisotopic (exact) mass is 147 g/mol. The molecule has 3 nitrogen and oxygen atoms in total. The van der Waals surface area contributed by atoms with E-state index < -0.39 is 0 Å². The summed E-state index contributed by atoms with van der Waals surface area (Å²) in [5.74, 6) is 0. The number of para-hydroxylation sites is 1. The Morgan fingerprint density at radius 1 is 1.45 bits per heavy atom. The lowest BCUT2D eigenvalue weighted by Gasteiger charge is -1.97. The van der Waals surface area contributed by atoms with Gasteiger partial charge in [-0.05, 0) is 6.07 Å². The van der Waals surface area contributed by atoms with Crippen LogP contribution in [0.3, 0.4) is 0 Å². The molecule has 0 unspecified atom stereocenters. The van der Waals surface area contributed by atoms with Crippen LogP contribution in [0.1, 0.15) is 0 Å². The SMILES string of the molecule is COn1n[c]c2ccccc21. The van der Waals surface area contributed by atoms with Crippen molar-refractivity contribution in [2.75, 3.05) is 7.11 Å². The first-order valence-electron chi connectivity index (χ1n) is 3.32. The molecule has 11 heavy (non-hydrogen) atoms. The van der Waals surface area contributed by atoms with Crippen LogP contribution in [0.2, 0.25) is 0 Å². The van der Waals surface area contributed by atoms with Gasteiger partial charge in [-0.1, -0.05) is 23.0 Å². The second-order valence-electron chi connectivity index (χ2n) is 2.18. The molecule has 0 aliphatic heterocycles. The van der Waals surface area contributed by atoms with Gasteiger partial charge in [0.05, 0.1) is 0 Å². The van der Waals surface area contributed by atoms with E-state index in [4.69, 9.17) is 4.84 Å². The van der Waals surface area contributed by atoms with Crippen molar-refractivity contribution in [3.8, 4) is 0 Å². The zero-order valence-electron chi connectivity index (χ0n) is 6.11. The van der Waals surface area contributed by atoms with Crippen LogP contribution in [0.15, 0.2) is 24.3 Å². The average Bonchev–Trinajstić information content (AvgIpc) is 2.47. The summed E-state index contributed by atoms with van der Waals surface area (Å²) in [5.41, 5.74) is 0.940. The highest BCUT2D eigenvalue weighted by molar-refractivity contribution is 5.77. The van der Waals surface area contributed by atoms with Gasteiger partial charge < -0.3 is 4.84 Å². The van der Waals surface area contributed by atoms with E-state index in [0.29, 0.717) is 0 Å². The first-order chi connectivity index (χ1) is 5.42. The van der Waals surface area contributed by atoms with Gasteiger partial charge in [0.2, 0.25) is 0 Å². The summed E-state index contributed by atoms with van der Waals surface area (Å²) in [6.07, 6.45) is 2.83. The molecule has 1 radical (unpaired) electrons. The molecule has 0 saturated heterocycles. The minimum atomic E-state index is 0.940. The molecule has 0 saturated carbocycles. The highest BCUT2D eigenvalue weighted by atomic mass is 16.7. The van der Waals surface area contributed by atoms with E-state index >= 15 is 0 Å². The van der Waals surface area contributed by atoms with Gasteiger partial charge in [-0.2, -0.15) is 0 Å². The maximum Gasteiger partial charge on any atom is 0.125 e. The van der Waals surface area contributed by atoms with Gasteiger partial charge in [0.1, 0.15) is 18.8 Å². The Labute approximate surface area is 64.2 Å². The minimum Gasteiger partial charge on any atom is -0.399 e. The van der Waals surface area contributed by atoms with Crippen molar-refractivity contribution in [1.82, 2.24) is 9.94 Å². The summed E-state index contributed by atoms with van der Waals surface area (Å²) >= 11 is 0. The number of aromatic nitrogens is 2. The van der Waals surface area contributed by atoms with Crippen molar-refractivity contribution in [2.45, 2.75) is 0 Å². The minimum absolute atomic E-state index is 0.940. The molecular weight excluding hydrogens is 140 g/mol. The second-order valence-corrected chi connectivity index (χ2v) is 2.18. The molecule has 1 aromatic heterocycles. The Bertz CT molecular complexity index is 367. The molecule has 0 N–H and O–H groups in total. The fourth-order valence-corrected chi connectivity index (χ4v) is 1.03. The third-order valence-corrected chi connectivity index (χ3v) is 1.54. The average molecular weight is 147 g/mol. The third kappa shape index (κ3) is 0.852. The van der Waals surface area contributed by atoms with Crippen molar-refractivity contribution in [1.29, 1.82) is 0 Å². The zero-order valence-corrected chi connectivity index (χ0v) is 6.11. The Kier molecular flexibility index (Phi) is 1.28. The van der Waals surface area contributed by atoms with Crippen molar-refractivity contribution < 1.29 is 4.84 Å². The Hall–Kier alpha value is -1.51. The molecule has 0 aliphatic carbocycles. The second kappa shape index (κ2) is 2.27. The largest absolute Gasteiger partial charge is 0.399 e. The van der Waals surface area contributed by atoms with Gasteiger partial charge in [0, 0.05) is 5.39 Å². The smallest absolute Gasteiger partial charge is 0.125 e. The third-order valence-electron chi connectivity index (χ3n) is 1.54. The van der Waals surface area contributed by atoms with Crippen molar-refractivity contribution in [3.05, 3.63) is 30.5 Å². The normalized spacial score (nSPS) is 10.3. The van der Waals surface area contributed by atoms with Crippen LogP contribution in [0, 0.1) is 6.20 Å². The molecule has 0 aliphatic rings. The number of nitrogens with zero attached hydrogens (tertiary/aromatic N) is 2. The summed E-state index contributed by atoms with van der Waals surface area (Å²) in [7, 11) is 1.58. The number of hydrogen-bond donors (Lipinski definition) is 0. The fraction of sp³-hybridized carbons (Fsp3) is 0.125. The van der Waals surface area contributed by atoms with Gasteiger partial charge in [0.25, 0.3) is 0 Å². The van der Waals surface area contributed by atoms with Gasteiger partial charge in [-0.3, -0.25) is 0 Å². The van der Waals surface area contributed by atoms with E-state index in [1.165, 1.54) is 4.85 Å². The number of benzene rings is 1.